The Kier molecular flexibility index (Phi) is 6.52. The van der Waals surface area contributed by atoms with E-state index in [2.05, 4.69) is 22.0 Å². The molecule has 0 bridgehead atoms. The third kappa shape index (κ3) is 4.06. The highest BCUT2D eigenvalue weighted by Crippen LogP contribution is 2.40. The zero-order valence-electron chi connectivity index (χ0n) is 17.2. The smallest absolute Gasteiger partial charge is 0.322 e. The molecule has 7 nitrogen and oxygen atoms in total. The van der Waals surface area contributed by atoms with Crippen LogP contribution in [0.25, 0.3) is 0 Å². The molecule has 1 aliphatic rings. The number of hydroxylamine groups is 2. The topological polar surface area (TPSA) is 78.4 Å². The first-order valence-corrected chi connectivity index (χ1v) is 10.2. The molecule has 0 aromatic carbocycles. The highest BCUT2D eigenvalue weighted by molar-refractivity contribution is 7.15. The Morgan fingerprint density at radius 1 is 1.36 bits per heavy atom. The molecular formula is C20H28N4O3S. The molecule has 0 amide bonds. The average Bonchev–Trinajstić information content (AvgIpc) is 3.24. The summed E-state index contributed by atoms with van der Waals surface area (Å²) in [6.07, 6.45) is 11.2. The van der Waals surface area contributed by atoms with Gasteiger partial charge in [-0.05, 0) is 24.2 Å². The molecule has 152 valence electrons. The normalized spacial score (nSPS) is 23.2. The van der Waals surface area contributed by atoms with E-state index in [4.69, 9.17) is 17.6 Å². The van der Waals surface area contributed by atoms with Gasteiger partial charge in [-0.25, -0.2) is 4.90 Å². The number of carbonyl (C=O) groups excluding carboxylic acids is 1. The molecule has 1 fully saturated rings. The monoisotopic (exact) mass is 404 g/mol. The van der Waals surface area contributed by atoms with Gasteiger partial charge in [0.05, 0.1) is 12.1 Å². The Labute approximate surface area is 171 Å². The summed E-state index contributed by atoms with van der Waals surface area (Å²) in [4.78, 5) is 14.0. The fourth-order valence-corrected chi connectivity index (χ4v) is 4.25. The third-order valence-corrected chi connectivity index (χ3v) is 6.62. The minimum Gasteiger partial charge on any atom is -0.622 e. The number of hydrogen-bond donors (Lipinski definition) is 0. The summed E-state index contributed by atoms with van der Waals surface area (Å²) in [5, 5.41) is 23.3. The van der Waals surface area contributed by atoms with Crippen molar-refractivity contribution in [2.75, 3.05) is 13.2 Å². The summed E-state index contributed by atoms with van der Waals surface area (Å²) in [6, 6.07) is 0. The van der Waals surface area contributed by atoms with E-state index in [1.807, 2.05) is 39.5 Å². The summed E-state index contributed by atoms with van der Waals surface area (Å²) in [5.41, 5.74) is -0.821. The standard InChI is InChI=1S/C20H28N4O3S/c1-8-12-16(25)27-15-13-23(20(9-2,10-3)11-4)14-24(15,26)18-22-21-17(28-18)19(5,6)7/h1-2,15H,10-14H2,3-7H3. The molecule has 2 heterocycles. The van der Waals surface area contributed by atoms with E-state index in [1.54, 1.807) is 0 Å². The lowest BCUT2D eigenvalue weighted by Gasteiger charge is -2.40. The van der Waals surface area contributed by atoms with Crippen LogP contribution in [0.15, 0.2) is 0 Å². The summed E-state index contributed by atoms with van der Waals surface area (Å²) in [5.74, 6) is 4.49. The Balaban J connectivity index is 2.45. The van der Waals surface area contributed by atoms with Crippen molar-refractivity contribution < 1.29 is 9.53 Å². The largest absolute Gasteiger partial charge is 0.622 e. The van der Waals surface area contributed by atoms with Crippen LogP contribution in [0.3, 0.4) is 0 Å². The summed E-state index contributed by atoms with van der Waals surface area (Å²) in [6.45, 7) is 10.3. The zero-order valence-corrected chi connectivity index (χ0v) is 18.0. The van der Waals surface area contributed by atoms with Crippen LogP contribution in [-0.4, -0.2) is 46.0 Å². The SMILES string of the molecule is C#CCC(=O)OC1CN(C(C#C)(CC)CC)C[N+]1([O-])c1nnc(C(C)(C)C)s1. The van der Waals surface area contributed by atoms with Crippen LogP contribution < -0.4 is 4.65 Å². The van der Waals surface area contributed by atoms with Gasteiger partial charge in [-0.3, -0.25) is 9.44 Å². The molecule has 28 heavy (non-hydrogen) atoms. The molecule has 0 N–H and O–H groups in total. The Hall–Kier alpha value is -1.97. The van der Waals surface area contributed by atoms with E-state index in [0.29, 0.717) is 12.8 Å². The Morgan fingerprint density at radius 3 is 2.46 bits per heavy atom. The first-order chi connectivity index (χ1) is 13.1. The van der Waals surface area contributed by atoms with Gasteiger partial charge in [-0.2, -0.15) is 0 Å². The lowest BCUT2D eigenvalue weighted by molar-refractivity contribution is -0.152. The second-order valence-corrected chi connectivity index (χ2v) is 8.96. The molecule has 2 unspecified atom stereocenters. The fraction of sp³-hybridized carbons (Fsp3) is 0.650. The highest BCUT2D eigenvalue weighted by Gasteiger charge is 2.51. The lowest BCUT2D eigenvalue weighted by Crippen LogP contribution is -2.52. The highest BCUT2D eigenvalue weighted by atomic mass is 32.1. The lowest BCUT2D eigenvalue weighted by atomic mass is 9.92. The Morgan fingerprint density at radius 2 is 2.00 bits per heavy atom. The molecule has 1 aliphatic heterocycles. The van der Waals surface area contributed by atoms with Gasteiger partial charge in [0.15, 0.2) is 0 Å². The van der Waals surface area contributed by atoms with Gasteiger partial charge < -0.3 is 9.94 Å². The van der Waals surface area contributed by atoms with Crippen LogP contribution >= 0.6 is 11.3 Å². The third-order valence-electron chi connectivity index (χ3n) is 5.16. The first-order valence-electron chi connectivity index (χ1n) is 9.35. The minimum absolute atomic E-state index is 0.0403. The molecule has 0 saturated carbocycles. The van der Waals surface area contributed by atoms with Crippen molar-refractivity contribution in [2.24, 2.45) is 0 Å². The van der Waals surface area contributed by atoms with Crippen LogP contribution in [0.1, 0.15) is 58.9 Å². The maximum Gasteiger partial charge on any atom is 0.322 e. The molecule has 0 radical (unpaired) electrons. The zero-order chi connectivity index (χ0) is 21.2. The number of aromatic nitrogens is 2. The van der Waals surface area contributed by atoms with Crippen LogP contribution in [0.4, 0.5) is 5.13 Å². The van der Waals surface area contributed by atoms with Crippen LogP contribution in [0.2, 0.25) is 0 Å². The Bertz CT molecular complexity index is 798. The number of hydrogen-bond acceptors (Lipinski definition) is 7. The van der Waals surface area contributed by atoms with Gasteiger partial charge in [0, 0.05) is 5.41 Å². The van der Waals surface area contributed by atoms with E-state index >= 15 is 0 Å². The average molecular weight is 405 g/mol. The predicted molar refractivity (Wildman–Crippen MR) is 111 cm³/mol. The number of carbonyl (C=O) groups is 1. The van der Waals surface area contributed by atoms with E-state index in [1.165, 1.54) is 11.3 Å². The molecule has 0 aliphatic carbocycles. The van der Waals surface area contributed by atoms with E-state index in [-0.39, 0.29) is 30.2 Å². The fourth-order valence-electron chi connectivity index (χ4n) is 3.28. The van der Waals surface area contributed by atoms with Crippen molar-refractivity contribution in [3.05, 3.63) is 10.2 Å². The number of rotatable bonds is 6. The molecule has 8 heteroatoms. The van der Waals surface area contributed by atoms with Crippen molar-refractivity contribution in [2.45, 2.75) is 71.1 Å². The van der Waals surface area contributed by atoms with E-state index in [0.717, 1.165) is 5.01 Å². The maximum absolute atomic E-state index is 13.9. The van der Waals surface area contributed by atoms with Gasteiger partial charge in [0.1, 0.15) is 18.1 Å². The second-order valence-electron chi connectivity index (χ2n) is 8.01. The van der Waals surface area contributed by atoms with Gasteiger partial charge in [0.2, 0.25) is 0 Å². The summed E-state index contributed by atoms with van der Waals surface area (Å²) >= 11 is 1.24. The number of ether oxygens (including phenoxy) is 1. The van der Waals surface area contributed by atoms with Crippen LogP contribution in [-0.2, 0) is 14.9 Å². The number of terminal acetylenes is 2. The van der Waals surface area contributed by atoms with Crippen LogP contribution in [0.5, 0.6) is 0 Å². The van der Waals surface area contributed by atoms with E-state index < -0.39 is 22.4 Å². The predicted octanol–water partition coefficient (Wildman–Crippen LogP) is 3.00. The molecule has 0 spiro atoms. The first kappa shape index (κ1) is 22.3. The summed E-state index contributed by atoms with van der Waals surface area (Å²) < 4.78 is 4.56. The number of nitrogens with zero attached hydrogens (tertiary/aromatic N) is 4. The molecule has 1 aromatic rings. The maximum atomic E-state index is 13.9. The minimum atomic E-state index is -0.993. The second kappa shape index (κ2) is 8.18. The quantitative estimate of drug-likeness (QED) is 0.314. The van der Waals surface area contributed by atoms with Crippen molar-refractivity contribution in [3.63, 3.8) is 0 Å². The summed E-state index contributed by atoms with van der Waals surface area (Å²) in [7, 11) is 0. The van der Waals surface area contributed by atoms with Crippen LogP contribution in [0, 0.1) is 29.9 Å². The molecule has 2 atom stereocenters. The molecule has 1 saturated heterocycles. The van der Waals surface area contributed by atoms with Gasteiger partial charge in [-0.15, -0.1) is 17.9 Å². The van der Waals surface area contributed by atoms with Gasteiger partial charge in [-0.1, -0.05) is 51.6 Å². The molecular weight excluding hydrogens is 376 g/mol. The van der Waals surface area contributed by atoms with Gasteiger partial charge >= 0.3 is 11.1 Å². The van der Waals surface area contributed by atoms with Crippen molar-refractivity contribution >= 4 is 22.4 Å². The van der Waals surface area contributed by atoms with Crippen molar-refractivity contribution in [1.29, 1.82) is 0 Å². The van der Waals surface area contributed by atoms with Crippen molar-refractivity contribution in [1.82, 2.24) is 19.7 Å². The number of esters is 1. The molecule has 1 aromatic heterocycles. The molecule has 2 rings (SSSR count). The van der Waals surface area contributed by atoms with Gasteiger partial charge in [0.25, 0.3) is 6.23 Å². The van der Waals surface area contributed by atoms with E-state index in [9.17, 15) is 10.0 Å². The van der Waals surface area contributed by atoms with Crippen molar-refractivity contribution in [3.8, 4) is 24.7 Å². The number of quaternary nitrogens is 1.